The summed E-state index contributed by atoms with van der Waals surface area (Å²) in [5.41, 5.74) is 3.53. The van der Waals surface area contributed by atoms with Crippen molar-refractivity contribution in [2.45, 2.75) is 0 Å². The minimum Gasteiger partial charge on any atom is -0.395 e. The average Bonchev–Trinajstić information content (AvgIpc) is 2.99. The molecule has 0 aliphatic carbocycles. The molecule has 2 aromatic carbocycles. The maximum Gasteiger partial charge on any atom is 0.113 e. The highest BCUT2D eigenvalue weighted by molar-refractivity contribution is 5.73. The minimum absolute atomic E-state index is 0.0495. The second-order valence-electron chi connectivity index (χ2n) is 4.93. The summed E-state index contributed by atoms with van der Waals surface area (Å²) in [5.74, 6) is 0. The molecule has 2 N–H and O–H groups in total. The van der Waals surface area contributed by atoms with E-state index in [9.17, 15) is 0 Å². The highest BCUT2D eigenvalue weighted by Crippen LogP contribution is 2.18. The Bertz CT molecular complexity index is 700. The van der Waals surface area contributed by atoms with Gasteiger partial charge >= 0.3 is 0 Å². The van der Waals surface area contributed by atoms with Crippen molar-refractivity contribution in [3.63, 3.8) is 0 Å². The molecule has 1 aromatic heterocycles. The number of benzene rings is 2. The Morgan fingerprint density at radius 3 is 1.86 bits per heavy atom. The van der Waals surface area contributed by atoms with Crippen LogP contribution in [0, 0.1) is 0 Å². The lowest BCUT2D eigenvalue weighted by Gasteiger charge is -2.22. The van der Waals surface area contributed by atoms with Crippen molar-refractivity contribution in [2.75, 3.05) is 31.2 Å². The Kier molecular flexibility index (Phi) is 4.32. The Balaban J connectivity index is 1.86. The topological polar surface area (TPSA) is 74.4 Å². The predicted molar refractivity (Wildman–Crippen MR) is 85.2 cm³/mol. The molecule has 0 aliphatic heterocycles. The quantitative estimate of drug-likeness (QED) is 0.715. The summed E-state index contributed by atoms with van der Waals surface area (Å²) in [6, 6.07) is 15.5. The van der Waals surface area contributed by atoms with Gasteiger partial charge in [0.1, 0.15) is 11.0 Å². The van der Waals surface area contributed by atoms with Crippen LogP contribution in [0.15, 0.2) is 48.5 Å². The molecule has 0 bridgehead atoms. The third kappa shape index (κ3) is 2.93. The van der Waals surface area contributed by atoms with Gasteiger partial charge in [0, 0.05) is 18.8 Å². The predicted octanol–water partition coefficient (Wildman–Crippen LogP) is 1.21. The third-order valence-corrected chi connectivity index (χ3v) is 3.47. The van der Waals surface area contributed by atoms with Gasteiger partial charge in [-0.15, -0.1) is 10.2 Å². The van der Waals surface area contributed by atoms with Crippen LogP contribution in [0.3, 0.4) is 0 Å². The van der Waals surface area contributed by atoms with Gasteiger partial charge in [-0.05, 0) is 36.4 Å². The number of aliphatic hydroxyl groups is 2. The summed E-state index contributed by atoms with van der Waals surface area (Å²) in [6.07, 6.45) is 0. The zero-order chi connectivity index (χ0) is 15.4. The summed E-state index contributed by atoms with van der Waals surface area (Å²) < 4.78 is 0. The van der Waals surface area contributed by atoms with Gasteiger partial charge in [0.2, 0.25) is 0 Å². The second kappa shape index (κ2) is 6.55. The maximum absolute atomic E-state index is 9.09. The van der Waals surface area contributed by atoms with E-state index in [1.165, 1.54) is 0 Å². The van der Waals surface area contributed by atoms with Gasteiger partial charge in [-0.25, -0.2) is 0 Å². The first-order valence-electron chi connectivity index (χ1n) is 7.21. The molecule has 0 aliphatic rings. The molecule has 1 heterocycles. The number of anilines is 1. The van der Waals surface area contributed by atoms with Crippen LogP contribution >= 0.6 is 0 Å². The van der Waals surface area contributed by atoms with Crippen molar-refractivity contribution < 1.29 is 10.2 Å². The molecule has 22 heavy (non-hydrogen) atoms. The fraction of sp³-hybridized carbons (Fsp3) is 0.250. The Hall–Kier alpha value is -2.44. The van der Waals surface area contributed by atoms with Crippen LogP contribution in [0.4, 0.5) is 5.69 Å². The molecule has 0 fully saturated rings. The summed E-state index contributed by atoms with van der Waals surface area (Å²) in [6.45, 7) is 1.08. The van der Waals surface area contributed by atoms with Gasteiger partial charge in [-0.2, -0.15) is 4.80 Å². The van der Waals surface area contributed by atoms with E-state index >= 15 is 0 Å². The number of aromatic nitrogens is 3. The summed E-state index contributed by atoms with van der Waals surface area (Å²) in [5, 5.41) is 27.1. The van der Waals surface area contributed by atoms with Crippen molar-refractivity contribution in [1.29, 1.82) is 0 Å². The van der Waals surface area contributed by atoms with Crippen LogP contribution in [0.25, 0.3) is 16.7 Å². The second-order valence-corrected chi connectivity index (χ2v) is 4.93. The maximum atomic E-state index is 9.09. The van der Waals surface area contributed by atoms with Crippen LogP contribution in [-0.4, -0.2) is 51.5 Å². The number of aliphatic hydroxyl groups excluding tert-OH is 2. The van der Waals surface area contributed by atoms with Gasteiger partial charge in [-0.3, -0.25) is 0 Å². The molecular formula is C16H18N4O2. The molecule has 0 amide bonds. The molecule has 0 spiro atoms. The monoisotopic (exact) mass is 298 g/mol. The van der Waals surface area contributed by atoms with E-state index in [1.807, 2.05) is 53.4 Å². The van der Waals surface area contributed by atoms with Gasteiger partial charge in [0.05, 0.1) is 18.9 Å². The molecule has 114 valence electrons. The first kappa shape index (κ1) is 14.5. The molecule has 0 unspecified atom stereocenters. The summed E-state index contributed by atoms with van der Waals surface area (Å²) in [7, 11) is 0. The lowest BCUT2D eigenvalue weighted by Crippen LogP contribution is -2.29. The van der Waals surface area contributed by atoms with Gasteiger partial charge in [-0.1, -0.05) is 12.1 Å². The largest absolute Gasteiger partial charge is 0.395 e. The molecule has 3 aromatic rings. The zero-order valence-electron chi connectivity index (χ0n) is 12.1. The van der Waals surface area contributed by atoms with Gasteiger partial charge < -0.3 is 15.1 Å². The Morgan fingerprint density at radius 2 is 1.36 bits per heavy atom. The lowest BCUT2D eigenvalue weighted by molar-refractivity contribution is 0.281. The number of hydrogen-bond donors (Lipinski definition) is 2. The molecule has 0 atom stereocenters. The molecule has 6 nitrogen and oxygen atoms in total. The summed E-state index contributed by atoms with van der Waals surface area (Å²) >= 11 is 0. The van der Waals surface area contributed by atoms with Crippen LogP contribution in [0.1, 0.15) is 0 Å². The highest BCUT2D eigenvalue weighted by atomic mass is 16.3. The van der Waals surface area contributed by atoms with Crippen molar-refractivity contribution in [3.05, 3.63) is 48.5 Å². The van der Waals surface area contributed by atoms with Gasteiger partial charge in [0.15, 0.2) is 0 Å². The molecule has 6 heteroatoms. The zero-order valence-corrected chi connectivity index (χ0v) is 12.1. The van der Waals surface area contributed by atoms with Gasteiger partial charge in [0.25, 0.3) is 0 Å². The fourth-order valence-corrected chi connectivity index (χ4v) is 2.38. The van der Waals surface area contributed by atoms with Crippen molar-refractivity contribution in [3.8, 4) is 5.69 Å². The first-order chi connectivity index (χ1) is 10.8. The summed E-state index contributed by atoms with van der Waals surface area (Å²) in [4.78, 5) is 3.54. The number of nitrogens with zero attached hydrogens (tertiary/aromatic N) is 4. The molecule has 3 rings (SSSR count). The molecule has 0 saturated heterocycles. The van der Waals surface area contributed by atoms with Crippen LogP contribution in [0.5, 0.6) is 0 Å². The SMILES string of the molecule is OCCN(CCO)c1ccc(-n2nc3ccccc3n2)cc1. The first-order valence-corrected chi connectivity index (χ1v) is 7.21. The van der Waals surface area contributed by atoms with E-state index < -0.39 is 0 Å². The normalized spacial score (nSPS) is 11.0. The minimum atomic E-state index is 0.0495. The molecular weight excluding hydrogens is 280 g/mol. The fourth-order valence-electron chi connectivity index (χ4n) is 2.38. The van der Waals surface area contributed by atoms with Crippen molar-refractivity contribution >= 4 is 16.7 Å². The molecule has 0 radical (unpaired) electrons. The van der Waals surface area contributed by atoms with E-state index in [4.69, 9.17) is 10.2 Å². The van der Waals surface area contributed by atoms with E-state index in [2.05, 4.69) is 10.2 Å². The highest BCUT2D eigenvalue weighted by Gasteiger charge is 2.07. The van der Waals surface area contributed by atoms with Crippen molar-refractivity contribution in [2.24, 2.45) is 0 Å². The average molecular weight is 298 g/mol. The standard InChI is InChI=1S/C16H18N4O2/c21-11-9-19(10-12-22)13-5-7-14(8-6-13)20-17-15-3-1-2-4-16(15)18-20/h1-8,21-22H,9-12H2. The van der Waals surface area contributed by atoms with Crippen LogP contribution in [0.2, 0.25) is 0 Å². The van der Waals surface area contributed by atoms with E-state index in [-0.39, 0.29) is 13.2 Å². The van der Waals surface area contributed by atoms with E-state index in [1.54, 1.807) is 4.80 Å². The van der Waals surface area contributed by atoms with Crippen LogP contribution in [-0.2, 0) is 0 Å². The number of rotatable bonds is 6. The molecule has 0 saturated carbocycles. The Morgan fingerprint density at radius 1 is 0.818 bits per heavy atom. The third-order valence-electron chi connectivity index (χ3n) is 3.47. The Labute approximate surface area is 128 Å². The number of hydrogen-bond acceptors (Lipinski definition) is 5. The van der Waals surface area contributed by atoms with Crippen LogP contribution < -0.4 is 4.90 Å². The smallest absolute Gasteiger partial charge is 0.113 e. The van der Waals surface area contributed by atoms with E-state index in [0.29, 0.717) is 13.1 Å². The lowest BCUT2D eigenvalue weighted by atomic mass is 10.2. The van der Waals surface area contributed by atoms with E-state index in [0.717, 1.165) is 22.4 Å². The number of fused-ring (bicyclic) bond motifs is 1. The van der Waals surface area contributed by atoms with Crippen molar-refractivity contribution in [1.82, 2.24) is 15.0 Å².